The van der Waals surface area contributed by atoms with Crippen LogP contribution < -0.4 is 5.43 Å². The number of benzene rings is 1. The molecule has 0 saturated heterocycles. The fourth-order valence-electron chi connectivity index (χ4n) is 1.78. The van der Waals surface area contributed by atoms with E-state index in [1.165, 1.54) is 0 Å². The predicted molar refractivity (Wildman–Crippen MR) is 91.7 cm³/mol. The highest BCUT2D eigenvalue weighted by molar-refractivity contribution is 7.98. The van der Waals surface area contributed by atoms with E-state index in [0.717, 1.165) is 20.9 Å². The van der Waals surface area contributed by atoms with E-state index in [-0.39, 0.29) is 12.3 Å². The molecule has 2 rings (SSSR count). The van der Waals surface area contributed by atoms with E-state index in [1.807, 2.05) is 42.8 Å². The molecule has 1 amide bonds. The normalized spacial score (nSPS) is 11.0. The summed E-state index contributed by atoms with van der Waals surface area (Å²) in [5.41, 5.74) is 4.61. The molecule has 0 atom stereocenters. The molecular weight excluding hydrogens is 324 g/mol. The first-order valence-corrected chi connectivity index (χ1v) is 8.77. The van der Waals surface area contributed by atoms with Crippen molar-refractivity contribution >= 4 is 46.8 Å². The summed E-state index contributed by atoms with van der Waals surface area (Å²) in [6.07, 6.45) is 3.91. The van der Waals surface area contributed by atoms with Crippen LogP contribution in [-0.4, -0.2) is 18.4 Å². The van der Waals surface area contributed by atoms with Crippen LogP contribution in [-0.2, 0) is 11.2 Å². The van der Waals surface area contributed by atoms with Crippen LogP contribution in [0.4, 0.5) is 0 Å². The highest BCUT2D eigenvalue weighted by atomic mass is 35.5. The van der Waals surface area contributed by atoms with Gasteiger partial charge in [-0.25, -0.2) is 5.43 Å². The van der Waals surface area contributed by atoms with Gasteiger partial charge in [-0.05, 0) is 54.0 Å². The van der Waals surface area contributed by atoms with Crippen molar-refractivity contribution in [3.05, 3.63) is 50.7 Å². The van der Waals surface area contributed by atoms with Crippen LogP contribution in [0.5, 0.6) is 0 Å². The highest BCUT2D eigenvalue weighted by Crippen LogP contribution is 2.24. The lowest BCUT2D eigenvalue weighted by Crippen LogP contribution is -2.20. The molecule has 0 saturated carbocycles. The number of aryl methyl sites for hydroxylation is 1. The summed E-state index contributed by atoms with van der Waals surface area (Å²) in [5, 5.41) is 6.62. The van der Waals surface area contributed by atoms with E-state index in [4.69, 9.17) is 11.6 Å². The zero-order chi connectivity index (χ0) is 15.2. The Labute approximate surface area is 137 Å². The molecule has 110 valence electrons. The minimum Gasteiger partial charge on any atom is -0.273 e. The fraction of sp³-hybridized carbons (Fsp3) is 0.200. The van der Waals surface area contributed by atoms with Crippen LogP contribution in [0.15, 0.2) is 39.6 Å². The van der Waals surface area contributed by atoms with E-state index in [1.54, 1.807) is 29.3 Å². The van der Waals surface area contributed by atoms with Gasteiger partial charge < -0.3 is 0 Å². The zero-order valence-electron chi connectivity index (χ0n) is 11.7. The zero-order valence-corrected chi connectivity index (χ0v) is 14.1. The van der Waals surface area contributed by atoms with Crippen LogP contribution in [0.2, 0.25) is 5.02 Å². The van der Waals surface area contributed by atoms with Gasteiger partial charge in [-0.3, -0.25) is 4.79 Å². The quantitative estimate of drug-likeness (QED) is 0.506. The molecule has 1 aromatic heterocycles. The third-order valence-electron chi connectivity index (χ3n) is 2.87. The van der Waals surface area contributed by atoms with Crippen molar-refractivity contribution < 1.29 is 4.79 Å². The Kier molecular flexibility index (Phi) is 5.85. The highest BCUT2D eigenvalue weighted by Gasteiger charge is 2.08. The van der Waals surface area contributed by atoms with Gasteiger partial charge in [0.2, 0.25) is 5.91 Å². The summed E-state index contributed by atoms with van der Waals surface area (Å²) in [6, 6.07) is 7.59. The first kappa shape index (κ1) is 16.1. The lowest BCUT2D eigenvalue weighted by Gasteiger charge is -2.06. The molecule has 0 bridgehead atoms. The summed E-state index contributed by atoms with van der Waals surface area (Å²) in [6.45, 7) is 2.01. The SMILES string of the molecule is CSc1ccc(Cl)cc1CC(=O)N/N=C\c1sccc1C. The Morgan fingerprint density at radius 3 is 2.95 bits per heavy atom. The number of hydrazone groups is 1. The van der Waals surface area contributed by atoms with Crippen molar-refractivity contribution in [3.63, 3.8) is 0 Å². The van der Waals surface area contributed by atoms with E-state index >= 15 is 0 Å². The van der Waals surface area contributed by atoms with Crippen molar-refractivity contribution in [2.24, 2.45) is 5.10 Å². The molecule has 0 spiro atoms. The number of hydrogen-bond donors (Lipinski definition) is 1. The Balaban J connectivity index is 1.97. The van der Waals surface area contributed by atoms with Gasteiger partial charge in [-0.2, -0.15) is 5.10 Å². The third kappa shape index (κ3) is 4.59. The minimum absolute atomic E-state index is 0.155. The molecule has 0 aliphatic rings. The van der Waals surface area contributed by atoms with Crippen LogP contribution in [0.1, 0.15) is 16.0 Å². The van der Waals surface area contributed by atoms with Gasteiger partial charge in [0.15, 0.2) is 0 Å². The van der Waals surface area contributed by atoms with Crippen molar-refractivity contribution in [2.45, 2.75) is 18.2 Å². The van der Waals surface area contributed by atoms with Crippen molar-refractivity contribution in [3.8, 4) is 0 Å². The average molecular weight is 339 g/mol. The van der Waals surface area contributed by atoms with Gasteiger partial charge in [-0.15, -0.1) is 23.1 Å². The molecule has 1 heterocycles. The molecule has 1 N–H and O–H groups in total. The molecule has 0 aliphatic carbocycles. The van der Waals surface area contributed by atoms with Crippen LogP contribution in [0.25, 0.3) is 0 Å². The van der Waals surface area contributed by atoms with Gasteiger partial charge in [-0.1, -0.05) is 11.6 Å². The fourth-order valence-corrected chi connectivity index (χ4v) is 3.36. The second kappa shape index (κ2) is 7.64. The third-order valence-corrected chi connectivity index (χ3v) is 4.89. The van der Waals surface area contributed by atoms with Gasteiger partial charge in [0.05, 0.1) is 12.6 Å². The number of thioether (sulfide) groups is 1. The van der Waals surface area contributed by atoms with E-state index in [0.29, 0.717) is 5.02 Å². The second-order valence-electron chi connectivity index (χ2n) is 4.39. The standard InChI is InChI=1S/C15H15ClN2OS2/c1-10-5-6-21-14(10)9-17-18-15(19)8-11-7-12(16)3-4-13(11)20-2/h3-7,9H,8H2,1-2H3,(H,18,19)/b17-9-. The Morgan fingerprint density at radius 2 is 2.29 bits per heavy atom. The number of nitrogens with zero attached hydrogens (tertiary/aromatic N) is 1. The number of amides is 1. The largest absolute Gasteiger partial charge is 0.273 e. The topological polar surface area (TPSA) is 41.5 Å². The summed E-state index contributed by atoms with van der Waals surface area (Å²) >= 11 is 9.16. The molecule has 0 fully saturated rings. The summed E-state index contributed by atoms with van der Waals surface area (Å²) in [5.74, 6) is -0.155. The molecule has 6 heteroatoms. The van der Waals surface area contributed by atoms with E-state index in [9.17, 15) is 4.79 Å². The number of nitrogens with one attached hydrogen (secondary N) is 1. The van der Waals surface area contributed by atoms with Gasteiger partial charge >= 0.3 is 0 Å². The molecule has 3 nitrogen and oxygen atoms in total. The Bertz CT molecular complexity index is 667. The molecular formula is C15H15ClN2OS2. The minimum atomic E-state index is -0.155. The summed E-state index contributed by atoms with van der Waals surface area (Å²) in [4.78, 5) is 14.0. The molecule has 0 aliphatic heterocycles. The van der Waals surface area contributed by atoms with Crippen LogP contribution >= 0.6 is 34.7 Å². The summed E-state index contributed by atoms with van der Waals surface area (Å²) < 4.78 is 0. The second-order valence-corrected chi connectivity index (χ2v) is 6.63. The Hall–Kier alpha value is -1.30. The van der Waals surface area contributed by atoms with Gasteiger partial charge in [0.1, 0.15) is 0 Å². The monoisotopic (exact) mass is 338 g/mol. The molecule has 1 aromatic carbocycles. The van der Waals surface area contributed by atoms with Crippen molar-refractivity contribution in [2.75, 3.05) is 6.26 Å². The van der Waals surface area contributed by atoms with E-state index < -0.39 is 0 Å². The lowest BCUT2D eigenvalue weighted by atomic mass is 10.1. The number of rotatable bonds is 5. The van der Waals surface area contributed by atoms with Crippen molar-refractivity contribution in [1.82, 2.24) is 5.43 Å². The number of thiophene rings is 1. The number of carbonyl (C=O) groups is 1. The maximum absolute atomic E-state index is 11.9. The summed E-state index contributed by atoms with van der Waals surface area (Å²) in [7, 11) is 0. The number of hydrogen-bond acceptors (Lipinski definition) is 4. The Morgan fingerprint density at radius 1 is 1.48 bits per heavy atom. The molecule has 21 heavy (non-hydrogen) atoms. The van der Waals surface area contributed by atoms with Crippen LogP contribution in [0.3, 0.4) is 0 Å². The molecule has 0 unspecified atom stereocenters. The maximum Gasteiger partial charge on any atom is 0.244 e. The molecule has 2 aromatic rings. The lowest BCUT2D eigenvalue weighted by molar-refractivity contribution is -0.120. The van der Waals surface area contributed by atoms with Crippen LogP contribution in [0, 0.1) is 6.92 Å². The van der Waals surface area contributed by atoms with Gasteiger partial charge in [0, 0.05) is 14.8 Å². The first-order valence-electron chi connectivity index (χ1n) is 6.28. The van der Waals surface area contributed by atoms with Gasteiger partial charge in [0.25, 0.3) is 0 Å². The van der Waals surface area contributed by atoms with Crippen molar-refractivity contribution in [1.29, 1.82) is 0 Å². The smallest absolute Gasteiger partial charge is 0.244 e. The predicted octanol–water partition coefficient (Wildman–Crippen LogP) is 4.12. The maximum atomic E-state index is 11.9. The average Bonchev–Trinajstić information content (AvgIpc) is 2.85. The molecule has 0 radical (unpaired) electrons. The van der Waals surface area contributed by atoms with E-state index in [2.05, 4.69) is 10.5 Å². The number of carbonyl (C=O) groups excluding carboxylic acids is 1. The first-order chi connectivity index (χ1) is 10.1. The number of halogens is 1.